The molecule has 77 valence electrons. The van der Waals surface area contributed by atoms with E-state index in [1.807, 2.05) is 0 Å². The van der Waals surface area contributed by atoms with Gasteiger partial charge in [0.2, 0.25) is 0 Å². The first-order chi connectivity index (χ1) is 5.90. The number of carboxylic acids is 1. The quantitative estimate of drug-likeness (QED) is 0.526. The second-order valence-corrected chi connectivity index (χ2v) is 5.07. The van der Waals surface area contributed by atoms with Crippen LogP contribution < -0.4 is 0 Å². The van der Waals surface area contributed by atoms with Crippen molar-refractivity contribution < 1.29 is 22.9 Å². The molecule has 7 heteroatoms. The third kappa shape index (κ3) is 2.49. The minimum absolute atomic E-state index is 0. The molecule has 1 fully saturated rings. The molecule has 0 spiro atoms. The third-order valence-electron chi connectivity index (χ3n) is 2.54. The standard InChI is InChI=1S/C7H12O5S.Na/c8-6(9)7(13(10,11)12)4-2-1-3-5-7;/h1-5H2,(H,8,9)(H,10,11,12);. The van der Waals surface area contributed by atoms with Gasteiger partial charge in [-0.1, -0.05) is 19.3 Å². The van der Waals surface area contributed by atoms with Gasteiger partial charge in [-0.3, -0.25) is 9.35 Å². The van der Waals surface area contributed by atoms with Crippen molar-refractivity contribution in [2.75, 3.05) is 0 Å². The zero-order chi connectivity index (χ0) is 10.1. The monoisotopic (exact) mass is 231 g/mol. The molecule has 0 aliphatic heterocycles. The first-order valence-corrected chi connectivity index (χ1v) is 5.54. The molecule has 1 aliphatic rings. The number of carbonyl (C=O) groups is 1. The van der Waals surface area contributed by atoms with Crippen molar-refractivity contribution in [1.29, 1.82) is 0 Å². The Balaban J connectivity index is 0.00000169. The Labute approximate surface area is 105 Å². The van der Waals surface area contributed by atoms with Gasteiger partial charge in [-0.15, -0.1) is 0 Å². The summed E-state index contributed by atoms with van der Waals surface area (Å²) >= 11 is 0. The Bertz CT molecular complexity index is 304. The fourth-order valence-corrected chi connectivity index (χ4v) is 2.73. The molecule has 0 aromatic heterocycles. The van der Waals surface area contributed by atoms with E-state index in [9.17, 15) is 13.2 Å². The molecule has 2 N–H and O–H groups in total. The first-order valence-electron chi connectivity index (χ1n) is 4.10. The van der Waals surface area contributed by atoms with Gasteiger partial charge >= 0.3 is 5.97 Å². The Morgan fingerprint density at radius 1 is 1.14 bits per heavy atom. The second kappa shape index (κ2) is 4.94. The van der Waals surface area contributed by atoms with Gasteiger partial charge in [0.05, 0.1) is 0 Å². The minimum Gasteiger partial charge on any atom is -0.480 e. The van der Waals surface area contributed by atoms with E-state index in [2.05, 4.69) is 0 Å². The average Bonchev–Trinajstić information content (AvgIpc) is 2.03. The molecule has 0 amide bonds. The van der Waals surface area contributed by atoms with Crippen molar-refractivity contribution in [3.8, 4) is 0 Å². The third-order valence-corrected chi connectivity index (χ3v) is 4.12. The van der Waals surface area contributed by atoms with E-state index in [0.29, 0.717) is 12.8 Å². The zero-order valence-electron chi connectivity index (χ0n) is 8.06. The predicted octanol–water partition coefficient (Wildman–Crippen LogP) is 0.281. The summed E-state index contributed by atoms with van der Waals surface area (Å²) in [5.41, 5.74) is 0. The summed E-state index contributed by atoms with van der Waals surface area (Å²) in [6, 6.07) is 0. The van der Waals surface area contributed by atoms with Crippen LogP contribution in [0.5, 0.6) is 0 Å². The molecule has 0 aromatic carbocycles. The van der Waals surface area contributed by atoms with Crippen molar-refractivity contribution >= 4 is 45.6 Å². The fourth-order valence-electron chi connectivity index (χ4n) is 1.71. The topological polar surface area (TPSA) is 91.7 Å². The van der Waals surface area contributed by atoms with Gasteiger partial charge in [-0.05, 0) is 12.8 Å². The van der Waals surface area contributed by atoms with Crippen molar-refractivity contribution in [3.05, 3.63) is 0 Å². The average molecular weight is 231 g/mol. The maximum atomic E-state index is 10.9. The number of rotatable bonds is 2. The summed E-state index contributed by atoms with van der Waals surface area (Å²) in [6.45, 7) is 0. The van der Waals surface area contributed by atoms with Crippen LogP contribution in [0.15, 0.2) is 0 Å². The molecule has 1 rings (SSSR count). The zero-order valence-corrected chi connectivity index (χ0v) is 10.9. The maximum absolute atomic E-state index is 10.9. The Morgan fingerprint density at radius 2 is 1.57 bits per heavy atom. The molecule has 0 unspecified atom stereocenters. The van der Waals surface area contributed by atoms with E-state index >= 15 is 0 Å². The summed E-state index contributed by atoms with van der Waals surface area (Å²) in [6.07, 6.45) is 1.92. The van der Waals surface area contributed by atoms with Crippen LogP contribution in [-0.4, -0.2) is 58.4 Å². The SMILES string of the molecule is O=C(O)C1(S(=O)(=O)O)CCCCC1.[Na]. The van der Waals surface area contributed by atoms with Crippen LogP contribution in [-0.2, 0) is 14.9 Å². The molecular weight excluding hydrogens is 219 g/mol. The number of hydrogen-bond acceptors (Lipinski definition) is 3. The van der Waals surface area contributed by atoms with Crippen LogP contribution in [0.4, 0.5) is 0 Å². The van der Waals surface area contributed by atoms with E-state index in [1.54, 1.807) is 0 Å². The summed E-state index contributed by atoms with van der Waals surface area (Å²) in [7, 11) is -4.49. The Hall–Kier alpha value is 0.380. The molecule has 1 saturated carbocycles. The van der Waals surface area contributed by atoms with E-state index < -0.39 is 20.8 Å². The first kappa shape index (κ1) is 14.4. The minimum atomic E-state index is -4.49. The molecule has 0 bridgehead atoms. The van der Waals surface area contributed by atoms with Gasteiger partial charge in [0.15, 0.2) is 4.75 Å². The molecule has 0 atom stereocenters. The number of hydrogen-bond donors (Lipinski definition) is 2. The van der Waals surface area contributed by atoms with Crippen LogP contribution in [0, 0.1) is 0 Å². The van der Waals surface area contributed by atoms with E-state index in [-0.39, 0.29) is 42.4 Å². The van der Waals surface area contributed by atoms with Gasteiger partial charge < -0.3 is 5.11 Å². The largest absolute Gasteiger partial charge is 0.480 e. The summed E-state index contributed by atoms with van der Waals surface area (Å²) in [5, 5.41) is 8.79. The van der Waals surface area contributed by atoms with Gasteiger partial charge in [-0.25, -0.2) is 0 Å². The smallest absolute Gasteiger partial charge is 0.327 e. The Kier molecular flexibility index (Phi) is 5.07. The van der Waals surface area contributed by atoms with E-state index in [4.69, 9.17) is 9.66 Å². The van der Waals surface area contributed by atoms with Gasteiger partial charge in [-0.2, -0.15) is 8.42 Å². The fraction of sp³-hybridized carbons (Fsp3) is 0.857. The van der Waals surface area contributed by atoms with Gasteiger partial charge in [0.1, 0.15) is 0 Å². The van der Waals surface area contributed by atoms with Crippen LogP contribution >= 0.6 is 0 Å². The van der Waals surface area contributed by atoms with Crippen LogP contribution in [0.2, 0.25) is 0 Å². The molecule has 1 radical (unpaired) electrons. The summed E-state index contributed by atoms with van der Waals surface area (Å²) in [5.74, 6) is -1.44. The summed E-state index contributed by atoms with van der Waals surface area (Å²) in [4.78, 5) is 10.8. The molecular formula is C7H12NaO5S. The van der Waals surface area contributed by atoms with Crippen LogP contribution in [0.25, 0.3) is 0 Å². The molecule has 0 saturated heterocycles. The molecule has 5 nitrogen and oxygen atoms in total. The molecule has 0 aromatic rings. The van der Waals surface area contributed by atoms with Crippen LogP contribution in [0.1, 0.15) is 32.1 Å². The predicted molar refractivity (Wildman–Crippen MR) is 50.8 cm³/mol. The van der Waals surface area contributed by atoms with Crippen molar-refractivity contribution in [2.45, 2.75) is 36.9 Å². The van der Waals surface area contributed by atoms with Crippen molar-refractivity contribution in [3.63, 3.8) is 0 Å². The number of aliphatic carboxylic acids is 1. The Morgan fingerprint density at radius 3 is 1.79 bits per heavy atom. The van der Waals surface area contributed by atoms with Crippen molar-refractivity contribution in [1.82, 2.24) is 0 Å². The maximum Gasteiger partial charge on any atom is 0.327 e. The molecule has 14 heavy (non-hydrogen) atoms. The van der Waals surface area contributed by atoms with Gasteiger partial charge in [0, 0.05) is 29.6 Å². The van der Waals surface area contributed by atoms with E-state index in [0.717, 1.165) is 6.42 Å². The number of carboxylic acid groups (broad SMARTS) is 1. The van der Waals surface area contributed by atoms with Gasteiger partial charge in [0.25, 0.3) is 10.1 Å². The summed E-state index contributed by atoms with van der Waals surface area (Å²) < 4.78 is 28.8. The normalized spacial score (nSPS) is 20.9. The molecule has 1 aliphatic carbocycles. The second-order valence-electron chi connectivity index (χ2n) is 3.34. The van der Waals surface area contributed by atoms with Crippen LogP contribution in [0.3, 0.4) is 0 Å². The van der Waals surface area contributed by atoms with Crippen molar-refractivity contribution in [2.24, 2.45) is 0 Å². The van der Waals surface area contributed by atoms with E-state index in [1.165, 1.54) is 0 Å². The molecule has 0 heterocycles.